The van der Waals surface area contributed by atoms with Gasteiger partial charge in [0.2, 0.25) is 5.91 Å². The van der Waals surface area contributed by atoms with E-state index < -0.39 is 0 Å². The molecular weight excluding hydrogens is 212 g/mol. The first-order chi connectivity index (χ1) is 6.75. The molecule has 0 aliphatic rings. The molecule has 78 valence electrons. The fourth-order valence-corrected chi connectivity index (χ4v) is 1.34. The van der Waals surface area contributed by atoms with Crippen LogP contribution in [0.5, 0.6) is 0 Å². The molecule has 2 aromatic rings. The number of nitrogens with zero attached hydrogens (tertiary/aromatic N) is 1. The van der Waals surface area contributed by atoms with Gasteiger partial charge in [-0.3, -0.25) is 9.78 Å². The van der Waals surface area contributed by atoms with Crippen molar-refractivity contribution in [1.82, 2.24) is 4.98 Å². The highest BCUT2D eigenvalue weighted by Gasteiger charge is 1.97. The van der Waals surface area contributed by atoms with Gasteiger partial charge in [-0.05, 0) is 12.1 Å². The number of nitrogens with one attached hydrogen (secondary N) is 1. The minimum atomic E-state index is -0.0814. The van der Waals surface area contributed by atoms with Crippen LogP contribution in [0, 0.1) is 0 Å². The van der Waals surface area contributed by atoms with Crippen molar-refractivity contribution in [3.8, 4) is 0 Å². The first-order valence-electron chi connectivity index (χ1n) is 4.38. The fourth-order valence-electron chi connectivity index (χ4n) is 1.34. The van der Waals surface area contributed by atoms with Crippen molar-refractivity contribution in [1.29, 1.82) is 0 Å². The Hall–Kier alpha value is -1.61. The molecule has 0 aliphatic heterocycles. The third-order valence-corrected chi connectivity index (χ3v) is 1.91. The van der Waals surface area contributed by atoms with Crippen molar-refractivity contribution < 1.29 is 4.79 Å². The number of pyridine rings is 1. The number of amides is 1. The van der Waals surface area contributed by atoms with Crippen molar-refractivity contribution in [2.24, 2.45) is 0 Å². The monoisotopic (exact) mass is 222 g/mol. The van der Waals surface area contributed by atoms with E-state index >= 15 is 0 Å². The van der Waals surface area contributed by atoms with Gasteiger partial charge in [-0.1, -0.05) is 18.2 Å². The summed E-state index contributed by atoms with van der Waals surface area (Å²) >= 11 is 0. The standard InChI is InChI=1S/C11H10N2O.ClH/c1-8(14)13-10-6-9-4-2-3-5-11(9)12-7-10;/h2-7H,1H3,(H,13,14);1H. The van der Waals surface area contributed by atoms with Crippen LogP contribution in [0.2, 0.25) is 0 Å². The molecule has 0 fully saturated rings. The van der Waals surface area contributed by atoms with E-state index in [0.29, 0.717) is 0 Å². The average Bonchev–Trinajstić information content (AvgIpc) is 2.17. The average molecular weight is 223 g/mol. The zero-order chi connectivity index (χ0) is 9.97. The molecule has 1 N–H and O–H groups in total. The largest absolute Gasteiger partial charge is 0.325 e. The number of hydrogen-bond acceptors (Lipinski definition) is 2. The predicted octanol–water partition coefficient (Wildman–Crippen LogP) is 2.62. The number of fused-ring (bicyclic) bond motifs is 1. The minimum absolute atomic E-state index is 0. The predicted molar refractivity (Wildman–Crippen MR) is 63.3 cm³/mol. The second-order valence-electron chi connectivity index (χ2n) is 3.10. The normalized spacial score (nSPS) is 9.40. The van der Waals surface area contributed by atoms with Crippen LogP contribution in [0.25, 0.3) is 10.9 Å². The lowest BCUT2D eigenvalue weighted by atomic mass is 10.2. The van der Waals surface area contributed by atoms with E-state index in [2.05, 4.69) is 10.3 Å². The van der Waals surface area contributed by atoms with Crippen molar-refractivity contribution in [3.63, 3.8) is 0 Å². The van der Waals surface area contributed by atoms with E-state index in [0.717, 1.165) is 16.6 Å². The summed E-state index contributed by atoms with van der Waals surface area (Å²) in [5.41, 5.74) is 1.66. The van der Waals surface area contributed by atoms with Gasteiger partial charge >= 0.3 is 0 Å². The summed E-state index contributed by atoms with van der Waals surface area (Å²) in [7, 11) is 0. The number of halogens is 1. The van der Waals surface area contributed by atoms with Gasteiger partial charge in [0.1, 0.15) is 0 Å². The summed E-state index contributed by atoms with van der Waals surface area (Å²) in [6.45, 7) is 1.48. The maximum atomic E-state index is 10.8. The molecule has 1 aromatic heterocycles. The van der Waals surface area contributed by atoms with Crippen molar-refractivity contribution in [2.75, 3.05) is 5.32 Å². The molecule has 0 saturated carbocycles. The molecule has 0 atom stereocenters. The van der Waals surface area contributed by atoms with Crippen LogP contribution >= 0.6 is 12.4 Å². The van der Waals surface area contributed by atoms with Crippen molar-refractivity contribution in [3.05, 3.63) is 36.5 Å². The first-order valence-corrected chi connectivity index (χ1v) is 4.38. The molecule has 0 unspecified atom stereocenters. The van der Waals surface area contributed by atoms with Crippen molar-refractivity contribution >= 4 is 34.9 Å². The maximum absolute atomic E-state index is 10.8. The molecular formula is C11H11ClN2O. The highest BCUT2D eigenvalue weighted by molar-refractivity contribution is 5.91. The zero-order valence-electron chi connectivity index (χ0n) is 8.23. The lowest BCUT2D eigenvalue weighted by Gasteiger charge is -2.02. The Labute approximate surface area is 93.9 Å². The third kappa shape index (κ3) is 2.67. The quantitative estimate of drug-likeness (QED) is 0.806. The topological polar surface area (TPSA) is 42.0 Å². The number of anilines is 1. The van der Waals surface area contributed by atoms with Gasteiger partial charge in [0, 0.05) is 12.3 Å². The second-order valence-corrected chi connectivity index (χ2v) is 3.10. The van der Waals surface area contributed by atoms with Crippen LogP contribution < -0.4 is 5.32 Å². The fraction of sp³-hybridized carbons (Fsp3) is 0.0909. The lowest BCUT2D eigenvalue weighted by Crippen LogP contribution is -2.05. The number of hydrogen-bond donors (Lipinski definition) is 1. The van der Waals surface area contributed by atoms with Crippen LogP contribution in [-0.2, 0) is 4.79 Å². The molecule has 1 aromatic carbocycles. The van der Waals surface area contributed by atoms with Gasteiger partial charge in [-0.25, -0.2) is 0 Å². The molecule has 0 saturated heterocycles. The van der Waals surface area contributed by atoms with E-state index in [1.165, 1.54) is 6.92 Å². The Kier molecular flexibility index (Phi) is 3.63. The summed E-state index contributed by atoms with van der Waals surface area (Å²) in [6.07, 6.45) is 1.66. The van der Waals surface area contributed by atoms with Crippen LogP contribution in [0.3, 0.4) is 0 Å². The highest BCUT2D eigenvalue weighted by Crippen LogP contribution is 2.15. The van der Waals surface area contributed by atoms with E-state index in [4.69, 9.17) is 0 Å². The van der Waals surface area contributed by atoms with E-state index in [9.17, 15) is 4.79 Å². The molecule has 0 spiro atoms. The Morgan fingerprint density at radius 3 is 2.80 bits per heavy atom. The van der Waals surface area contributed by atoms with E-state index in [1.807, 2.05) is 30.3 Å². The van der Waals surface area contributed by atoms with Gasteiger partial charge in [-0.15, -0.1) is 12.4 Å². The number of para-hydroxylation sites is 1. The molecule has 15 heavy (non-hydrogen) atoms. The van der Waals surface area contributed by atoms with Crippen molar-refractivity contribution in [2.45, 2.75) is 6.92 Å². The lowest BCUT2D eigenvalue weighted by molar-refractivity contribution is -0.114. The number of carbonyl (C=O) groups is 1. The van der Waals surface area contributed by atoms with Crippen LogP contribution in [0.4, 0.5) is 5.69 Å². The maximum Gasteiger partial charge on any atom is 0.221 e. The smallest absolute Gasteiger partial charge is 0.221 e. The second kappa shape index (κ2) is 4.75. The summed E-state index contributed by atoms with van der Waals surface area (Å²) < 4.78 is 0. The van der Waals surface area contributed by atoms with Gasteiger partial charge in [0.05, 0.1) is 17.4 Å². The van der Waals surface area contributed by atoms with Gasteiger partial charge in [-0.2, -0.15) is 0 Å². The molecule has 4 heteroatoms. The van der Waals surface area contributed by atoms with Gasteiger partial charge in [0.25, 0.3) is 0 Å². The Balaban J connectivity index is 0.00000112. The molecule has 1 amide bonds. The number of benzene rings is 1. The minimum Gasteiger partial charge on any atom is -0.325 e. The van der Waals surface area contributed by atoms with E-state index in [-0.39, 0.29) is 18.3 Å². The van der Waals surface area contributed by atoms with Crippen LogP contribution in [0.15, 0.2) is 36.5 Å². The first kappa shape index (κ1) is 11.5. The molecule has 1 heterocycles. The number of aromatic nitrogens is 1. The summed E-state index contributed by atoms with van der Waals surface area (Å²) in [4.78, 5) is 15.0. The molecule has 3 nitrogen and oxygen atoms in total. The Morgan fingerprint density at radius 2 is 2.07 bits per heavy atom. The number of rotatable bonds is 1. The zero-order valence-corrected chi connectivity index (χ0v) is 9.04. The molecule has 2 rings (SSSR count). The molecule has 0 radical (unpaired) electrons. The third-order valence-electron chi connectivity index (χ3n) is 1.91. The summed E-state index contributed by atoms with van der Waals surface area (Å²) in [5.74, 6) is -0.0814. The van der Waals surface area contributed by atoms with Crippen LogP contribution in [-0.4, -0.2) is 10.9 Å². The Morgan fingerprint density at radius 1 is 1.33 bits per heavy atom. The van der Waals surface area contributed by atoms with Crippen LogP contribution in [0.1, 0.15) is 6.92 Å². The highest BCUT2D eigenvalue weighted by atomic mass is 35.5. The summed E-state index contributed by atoms with van der Waals surface area (Å²) in [6, 6.07) is 9.69. The summed E-state index contributed by atoms with van der Waals surface area (Å²) in [5, 5.41) is 3.72. The van der Waals surface area contributed by atoms with Gasteiger partial charge in [0.15, 0.2) is 0 Å². The number of carbonyl (C=O) groups excluding carboxylic acids is 1. The van der Waals surface area contributed by atoms with E-state index in [1.54, 1.807) is 6.20 Å². The SMILES string of the molecule is CC(=O)Nc1cnc2ccccc2c1.Cl. The molecule has 0 aliphatic carbocycles. The molecule has 0 bridgehead atoms. The Bertz CT molecular complexity index is 485. The van der Waals surface area contributed by atoms with Gasteiger partial charge < -0.3 is 5.32 Å².